The van der Waals surface area contributed by atoms with Crippen molar-refractivity contribution in [1.29, 1.82) is 0 Å². The summed E-state index contributed by atoms with van der Waals surface area (Å²) < 4.78 is 0. The maximum absolute atomic E-state index is 11.4. The fourth-order valence-corrected chi connectivity index (χ4v) is 2.34. The van der Waals surface area contributed by atoms with Crippen molar-refractivity contribution in [2.45, 2.75) is 32.9 Å². The first-order valence-corrected chi connectivity index (χ1v) is 7.79. The van der Waals surface area contributed by atoms with Crippen molar-refractivity contribution in [3.63, 3.8) is 0 Å². The fourth-order valence-electron chi connectivity index (χ4n) is 2.34. The third-order valence-corrected chi connectivity index (χ3v) is 3.55. The van der Waals surface area contributed by atoms with Crippen molar-refractivity contribution in [2.75, 3.05) is 7.05 Å². The molecule has 0 saturated heterocycles. The van der Waals surface area contributed by atoms with Gasteiger partial charge in [0.25, 0.3) is 0 Å². The molecular weight excluding hydrogens is 300 g/mol. The highest BCUT2D eigenvalue weighted by Gasteiger charge is 2.09. The van der Waals surface area contributed by atoms with E-state index in [-0.39, 0.29) is 0 Å². The standard InChI is InChI=1S/C20H22N2O2/c1-14-19(9-15(11-22-14)7-8-20(2,3)24)16-5-6-17(12-21-4)18(10-16)13-23/h5-6,9-11,13,21,24H,12H2,1-4H3. The predicted octanol–water partition coefficient (Wildman–Crippen LogP) is 2.71. The summed E-state index contributed by atoms with van der Waals surface area (Å²) in [4.78, 5) is 15.7. The van der Waals surface area contributed by atoms with Gasteiger partial charge in [-0.25, -0.2) is 0 Å². The van der Waals surface area contributed by atoms with Crippen molar-refractivity contribution < 1.29 is 9.90 Å². The zero-order chi connectivity index (χ0) is 17.7. The van der Waals surface area contributed by atoms with Gasteiger partial charge in [-0.3, -0.25) is 9.78 Å². The van der Waals surface area contributed by atoms with Gasteiger partial charge in [-0.2, -0.15) is 0 Å². The number of nitrogens with zero attached hydrogens (tertiary/aromatic N) is 1. The van der Waals surface area contributed by atoms with Crippen LogP contribution in [0.1, 0.15) is 41.0 Å². The van der Waals surface area contributed by atoms with E-state index < -0.39 is 5.60 Å². The van der Waals surface area contributed by atoms with Gasteiger partial charge in [0.05, 0.1) is 0 Å². The number of pyridine rings is 1. The molecule has 0 amide bonds. The second kappa shape index (κ2) is 7.39. The number of aryl methyl sites for hydroxylation is 1. The van der Waals surface area contributed by atoms with Crippen molar-refractivity contribution in [1.82, 2.24) is 10.3 Å². The van der Waals surface area contributed by atoms with E-state index in [0.29, 0.717) is 12.1 Å². The molecule has 0 aliphatic carbocycles. The number of aromatic nitrogens is 1. The molecule has 2 N–H and O–H groups in total. The molecule has 2 rings (SSSR count). The monoisotopic (exact) mass is 322 g/mol. The molecule has 4 nitrogen and oxygen atoms in total. The van der Waals surface area contributed by atoms with Gasteiger partial charge in [0.2, 0.25) is 0 Å². The molecule has 0 aliphatic heterocycles. The summed E-state index contributed by atoms with van der Waals surface area (Å²) in [5.74, 6) is 5.73. The maximum atomic E-state index is 11.4. The Hall–Kier alpha value is -2.48. The van der Waals surface area contributed by atoms with Gasteiger partial charge in [0.1, 0.15) is 11.9 Å². The number of carbonyl (C=O) groups is 1. The van der Waals surface area contributed by atoms with Crippen LogP contribution >= 0.6 is 0 Å². The first kappa shape index (κ1) is 17.9. The molecule has 1 heterocycles. The minimum atomic E-state index is -1.05. The van der Waals surface area contributed by atoms with E-state index in [1.165, 1.54) is 0 Å². The Morgan fingerprint density at radius 2 is 2.08 bits per heavy atom. The summed E-state index contributed by atoms with van der Waals surface area (Å²) >= 11 is 0. The molecule has 4 heteroatoms. The minimum Gasteiger partial charge on any atom is -0.378 e. The molecule has 0 unspecified atom stereocenters. The highest BCUT2D eigenvalue weighted by Crippen LogP contribution is 2.25. The van der Waals surface area contributed by atoms with Gasteiger partial charge < -0.3 is 10.4 Å². The Kier molecular flexibility index (Phi) is 5.50. The summed E-state index contributed by atoms with van der Waals surface area (Å²) in [5.41, 5.74) is 4.01. The number of aldehydes is 1. The molecule has 24 heavy (non-hydrogen) atoms. The first-order valence-electron chi connectivity index (χ1n) is 7.79. The quantitative estimate of drug-likeness (QED) is 0.671. The average Bonchev–Trinajstić information content (AvgIpc) is 2.54. The Morgan fingerprint density at radius 3 is 2.71 bits per heavy atom. The molecule has 1 aromatic carbocycles. The van der Waals surface area contributed by atoms with E-state index in [4.69, 9.17) is 0 Å². The van der Waals surface area contributed by atoms with Crippen LogP contribution in [0.25, 0.3) is 11.1 Å². The topological polar surface area (TPSA) is 62.2 Å². The fraction of sp³-hybridized carbons (Fsp3) is 0.300. The minimum absolute atomic E-state index is 0.642. The zero-order valence-corrected chi connectivity index (χ0v) is 14.5. The molecule has 0 atom stereocenters. The van der Waals surface area contributed by atoms with Crippen LogP contribution in [0, 0.1) is 18.8 Å². The third kappa shape index (κ3) is 4.51. The highest BCUT2D eigenvalue weighted by molar-refractivity contribution is 5.81. The second-order valence-corrected chi connectivity index (χ2v) is 6.23. The van der Waals surface area contributed by atoms with E-state index >= 15 is 0 Å². The van der Waals surface area contributed by atoms with Crippen molar-refractivity contribution in [3.05, 3.63) is 52.8 Å². The number of aliphatic hydroxyl groups is 1. The third-order valence-electron chi connectivity index (χ3n) is 3.55. The van der Waals surface area contributed by atoms with E-state index in [9.17, 15) is 9.90 Å². The number of hydrogen-bond donors (Lipinski definition) is 2. The van der Waals surface area contributed by atoms with E-state index in [2.05, 4.69) is 22.1 Å². The van der Waals surface area contributed by atoms with Gasteiger partial charge in [0.15, 0.2) is 0 Å². The Balaban J connectivity index is 2.48. The number of nitrogens with one attached hydrogen (secondary N) is 1. The van der Waals surface area contributed by atoms with E-state index in [1.54, 1.807) is 20.0 Å². The lowest BCUT2D eigenvalue weighted by molar-refractivity contribution is 0.112. The van der Waals surface area contributed by atoms with Gasteiger partial charge in [0, 0.05) is 35.1 Å². The Labute approximate surface area is 142 Å². The molecule has 0 aliphatic rings. The lowest BCUT2D eigenvalue weighted by atomic mass is 9.97. The van der Waals surface area contributed by atoms with Crippen LogP contribution in [0.5, 0.6) is 0 Å². The van der Waals surface area contributed by atoms with Crippen molar-refractivity contribution in [3.8, 4) is 23.0 Å². The average molecular weight is 322 g/mol. The van der Waals surface area contributed by atoms with Gasteiger partial charge in [-0.1, -0.05) is 24.0 Å². The number of hydrogen-bond acceptors (Lipinski definition) is 4. The van der Waals surface area contributed by atoms with Gasteiger partial charge >= 0.3 is 0 Å². The van der Waals surface area contributed by atoms with Crippen LogP contribution in [0.2, 0.25) is 0 Å². The van der Waals surface area contributed by atoms with E-state index in [1.807, 2.05) is 38.2 Å². The lowest BCUT2D eigenvalue weighted by Gasteiger charge is -2.10. The summed E-state index contributed by atoms with van der Waals surface area (Å²) in [6, 6.07) is 7.74. The summed E-state index contributed by atoms with van der Waals surface area (Å²) in [6.07, 6.45) is 2.56. The Bertz CT molecular complexity index is 809. The number of rotatable bonds is 4. The number of carbonyl (C=O) groups excluding carboxylic acids is 1. The van der Waals surface area contributed by atoms with Crippen molar-refractivity contribution >= 4 is 6.29 Å². The van der Waals surface area contributed by atoms with Gasteiger partial charge in [-0.15, -0.1) is 0 Å². The molecule has 2 aromatic rings. The normalized spacial score (nSPS) is 10.9. The van der Waals surface area contributed by atoms with Crippen LogP contribution in [-0.4, -0.2) is 29.0 Å². The SMILES string of the molecule is CNCc1ccc(-c2cc(C#CC(C)(C)O)cnc2C)cc1C=O. The van der Waals surface area contributed by atoms with Crippen LogP contribution in [0.4, 0.5) is 0 Å². The predicted molar refractivity (Wildman–Crippen MR) is 95.7 cm³/mol. The first-order chi connectivity index (χ1) is 11.3. The molecule has 0 spiro atoms. The summed E-state index contributed by atoms with van der Waals surface area (Å²) in [6.45, 7) is 5.84. The largest absolute Gasteiger partial charge is 0.378 e. The molecular formula is C20H22N2O2. The van der Waals surface area contributed by atoms with Crippen LogP contribution < -0.4 is 5.32 Å². The second-order valence-electron chi connectivity index (χ2n) is 6.23. The lowest BCUT2D eigenvalue weighted by Crippen LogP contribution is -2.14. The maximum Gasteiger partial charge on any atom is 0.150 e. The smallest absolute Gasteiger partial charge is 0.150 e. The zero-order valence-electron chi connectivity index (χ0n) is 14.5. The summed E-state index contributed by atoms with van der Waals surface area (Å²) in [7, 11) is 1.85. The highest BCUT2D eigenvalue weighted by atomic mass is 16.3. The molecule has 0 saturated carbocycles. The number of benzene rings is 1. The molecule has 1 aromatic heterocycles. The van der Waals surface area contributed by atoms with Crippen LogP contribution in [-0.2, 0) is 6.54 Å². The molecule has 0 fully saturated rings. The Morgan fingerprint density at radius 1 is 1.33 bits per heavy atom. The summed E-state index contributed by atoms with van der Waals surface area (Å²) in [5, 5.41) is 12.8. The van der Waals surface area contributed by atoms with Crippen LogP contribution in [0.15, 0.2) is 30.5 Å². The van der Waals surface area contributed by atoms with E-state index in [0.717, 1.165) is 34.2 Å². The van der Waals surface area contributed by atoms with Gasteiger partial charge in [-0.05, 0) is 51.1 Å². The molecule has 0 bridgehead atoms. The molecule has 0 radical (unpaired) electrons. The van der Waals surface area contributed by atoms with Crippen molar-refractivity contribution in [2.24, 2.45) is 0 Å². The molecule has 124 valence electrons. The van der Waals surface area contributed by atoms with Crippen LogP contribution in [0.3, 0.4) is 0 Å².